The molecule has 9 aromatic rings. The Kier molecular flexibility index (Phi) is 38.8. The van der Waals surface area contributed by atoms with Crippen molar-refractivity contribution in [1.82, 2.24) is 81.7 Å². The molecule has 6 aliphatic heterocycles. The lowest BCUT2D eigenvalue weighted by Gasteiger charge is -2.13. The highest BCUT2D eigenvalue weighted by Crippen LogP contribution is 2.42. The molecule has 1 saturated heterocycles. The number of alkyl halides is 6. The van der Waals surface area contributed by atoms with Gasteiger partial charge in [-0.05, 0) is 254 Å². The number of H-pyrrole nitrogens is 8. The van der Waals surface area contributed by atoms with Crippen LogP contribution in [-0.2, 0) is 43.2 Å². The first-order chi connectivity index (χ1) is 55.5. The van der Waals surface area contributed by atoms with Crippen molar-refractivity contribution in [2.45, 2.75) is 58.6 Å². The van der Waals surface area contributed by atoms with Crippen LogP contribution in [0.15, 0.2) is 106 Å². The second-order valence-electron chi connectivity index (χ2n) is 24.2. The van der Waals surface area contributed by atoms with E-state index in [1.807, 2.05) is 19.1 Å². The topological polar surface area (TPSA) is 469 Å². The van der Waals surface area contributed by atoms with Crippen LogP contribution in [0.3, 0.4) is 0 Å². The summed E-state index contributed by atoms with van der Waals surface area (Å²) in [5.74, 6) is -2.53. The zero-order valence-electron chi connectivity index (χ0n) is 59.3. The van der Waals surface area contributed by atoms with Crippen LogP contribution in [0.4, 0.5) is 5.95 Å². The van der Waals surface area contributed by atoms with E-state index < -0.39 is 31.2 Å². The van der Waals surface area contributed by atoms with E-state index >= 15 is 0 Å². The summed E-state index contributed by atoms with van der Waals surface area (Å²) in [7, 11) is 0. The number of halogens is 20. The maximum Gasteiger partial charge on any atom is 0.268 e. The molecule has 2 atom stereocenters. The Hall–Kier alpha value is -3.34. The summed E-state index contributed by atoms with van der Waals surface area (Å²) >= 11 is 78.6. The number of nitrogens with zero attached hydrogens (tertiary/aromatic N) is 2. The van der Waals surface area contributed by atoms with Crippen molar-refractivity contribution in [3.05, 3.63) is 180 Å². The molecule has 0 aromatic carbocycles. The number of amides is 6. The second-order valence-corrected chi connectivity index (χ2v) is 39.9. The van der Waals surface area contributed by atoms with E-state index in [9.17, 15) is 53.1 Å². The van der Waals surface area contributed by atoms with Crippen LogP contribution in [0.5, 0.6) is 0 Å². The number of Topliss-reactive ketones (excluding diaryl/α,β-unsaturated/α-hetero) is 4. The number of fused-ring (bicyclic) bond motifs is 7. The van der Waals surface area contributed by atoms with Crippen molar-refractivity contribution in [1.29, 1.82) is 0 Å². The molecule has 0 bridgehead atoms. The number of hydrogen-bond acceptors (Lipinski definition) is 17. The Labute approximate surface area is 816 Å². The van der Waals surface area contributed by atoms with Crippen LogP contribution < -0.4 is 37.6 Å². The van der Waals surface area contributed by atoms with Crippen LogP contribution >= 0.6 is 293 Å². The highest BCUT2D eigenvalue weighted by Gasteiger charge is 2.37. The second kappa shape index (κ2) is 45.7. The zero-order chi connectivity index (χ0) is 87.1. The van der Waals surface area contributed by atoms with Gasteiger partial charge < -0.3 is 96.8 Å². The number of nitrogens with two attached hydrogens (primary N) is 1. The average Bonchev–Trinajstić information content (AvgIpc) is 1.63. The predicted molar refractivity (Wildman–Crippen MR) is 494 cm³/mol. The lowest BCUT2D eigenvalue weighted by atomic mass is 9.96. The van der Waals surface area contributed by atoms with E-state index in [0.717, 1.165) is 64.0 Å². The molecule has 51 heteroatoms. The smallest absolute Gasteiger partial charge is 0.268 e. The number of ketones is 4. The lowest BCUT2D eigenvalue weighted by molar-refractivity contribution is -0.121. The fourth-order valence-corrected chi connectivity index (χ4v) is 17.1. The molecule has 1 fully saturated rings. The summed E-state index contributed by atoms with van der Waals surface area (Å²) < 4.78 is 22.5. The van der Waals surface area contributed by atoms with Gasteiger partial charge in [-0.2, -0.15) is 0 Å². The summed E-state index contributed by atoms with van der Waals surface area (Å²) in [6, 6.07) is 6.46. The van der Waals surface area contributed by atoms with Crippen LogP contribution in [0.25, 0.3) is 17.2 Å². The number of β-amino-alcohol motifs (C(OH)–C–C–N with tert-alkyl or cyclic N) is 1. The number of carbonyl (C=O) groups excluding carboxylic acids is 10. The van der Waals surface area contributed by atoms with Gasteiger partial charge in [0.2, 0.25) is 17.5 Å². The molecule has 17 N–H and O–H groups in total. The molecule has 9 aromatic heterocycles. The quantitative estimate of drug-likeness (QED) is 0.0471. The zero-order valence-corrected chi connectivity index (χ0v) is 86.1. The predicted octanol–water partition coefficient (Wildman–Crippen LogP) is 17.4. The molecule has 6 aliphatic rings. The number of nitrogens with one attached hydrogen (secondary N) is 14. The minimum atomic E-state index is -1.93. The van der Waals surface area contributed by atoms with Crippen molar-refractivity contribution < 1.29 is 67.3 Å². The molecule has 15 heterocycles. The lowest BCUT2D eigenvalue weighted by Crippen LogP contribution is -2.29. The van der Waals surface area contributed by atoms with E-state index in [0.29, 0.717) is 137 Å². The molecule has 0 radical (unpaired) electrons. The maximum absolute atomic E-state index is 12.0. The maximum atomic E-state index is 12.0. The van der Waals surface area contributed by atoms with Crippen molar-refractivity contribution >= 4 is 363 Å². The van der Waals surface area contributed by atoms with Gasteiger partial charge in [0, 0.05) is 91.3 Å². The van der Waals surface area contributed by atoms with E-state index in [1.54, 1.807) is 30.6 Å². The Morgan fingerprint density at radius 3 is 1.72 bits per heavy atom. The number of anilines is 1. The summed E-state index contributed by atoms with van der Waals surface area (Å²) in [5, 5.41) is 25.6. The normalized spacial score (nSPS) is 15.9. The van der Waals surface area contributed by atoms with Gasteiger partial charge in [-0.1, -0.05) is 81.8 Å². The summed E-state index contributed by atoms with van der Waals surface area (Å²) in [4.78, 5) is 147. The van der Waals surface area contributed by atoms with Crippen molar-refractivity contribution in [3.8, 4) is 11.1 Å². The van der Waals surface area contributed by atoms with Crippen molar-refractivity contribution in [2.75, 3.05) is 64.9 Å². The van der Waals surface area contributed by atoms with Crippen molar-refractivity contribution in [3.63, 3.8) is 0 Å². The molecule has 15 rings (SSSR count). The Morgan fingerprint density at radius 1 is 0.602 bits per heavy atom. The van der Waals surface area contributed by atoms with Gasteiger partial charge in [-0.3, -0.25) is 47.9 Å². The van der Waals surface area contributed by atoms with Crippen molar-refractivity contribution in [2.24, 2.45) is 0 Å². The monoisotopic (exact) mass is 2640 g/mol. The minimum Gasteiger partial charge on any atom is -0.391 e. The minimum absolute atomic E-state index is 0.00398. The van der Waals surface area contributed by atoms with E-state index in [4.69, 9.17) is 89.5 Å². The fourth-order valence-electron chi connectivity index (χ4n) is 10.7. The molecule has 634 valence electrons. The Morgan fingerprint density at radius 2 is 1.12 bits per heavy atom. The number of aliphatic hydroxyl groups excluding tert-OH is 1. The largest absolute Gasteiger partial charge is 0.391 e. The Balaban J connectivity index is 0.000000169. The first-order valence-corrected chi connectivity index (χ1v) is 46.7. The summed E-state index contributed by atoms with van der Waals surface area (Å²) in [6.07, 6.45) is 7.73. The number of aromatic nitrogens is 10. The number of aliphatic hydroxyl groups is 1. The molecule has 31 nitrogen and oxygen atoms in total. The van der Waals surface area contributed by atoms with E-state index in [1.165, 1.54) is 6.07 Å². The van der Waals surface area contributed by atoms with Gasteiger partial charge in [0.15, 0.2) is 17.9 Å². The van der Waals surface area contributed by atoms with Crippen LogP contribution in [0.1, 0.15) is 131 Å². The molecular weight excluding hydrogens is 2600 g/mol. The molecule has 0 spiro atoms. The standard InChI is InChI=1S/C11H12Br2N2O3.C10H7Br2N5O.C10H12Br2N2O3.C8H8Br2N2O2.C8H6Br2N2O2.C8H6Br2N2O.C6H2Br2Cl3NO.C6H4Cl3NO/c1-2-18-4-5-6(16)3-14-11(17)9-7(5)8(12)10(13)15-9;11-6-5-3-1-15-10(13)16-4(3)2-14-9(18)7(5)17-8(6)12;11-6-5-7(14-9(6)12)10(15)13-2-1-8-16-3-4-17-8;2*9-5-4-1-3(13)2-11-8(14)6(4)12-7(5)10;9-5-4-2-1-3-11-8(13)6(4)12-7(5)10;7-2-1-3(12-5(2)8)4(13)6(9,10)11;7-6(8,9)5(11)4-2-1-3-10-4/h5,15H,2-4H2,1H3,(H,14,17);1,17H,2H2,(H,14,18)(H2,13,15,16);5,8,14H,1-4H2,(H,13,15);3,12-13H,1-2H2,(H,11,14);12H,1-2H2,(H,11,14);1-2,12H,3H2,(H,11,13);1,12H;1-3,10H. The average molecular weight is 2660 g/mol. The van der Waals surface area contributed by atoms with E-state index in [-0.39, 0.29) is 91.1 Å². The van der Waals surface area contributed by atoms with Gasteiger partial charge >= 0.3 is 0 Å². The van der Waals surface area contributed by atoms with E-state index in [2.05, 4.69) is 305 Å². The van der Waals surface area contributed by atoms with Crippen LogP contribution in [-0.4, -0.2) is 193 Å². The molecule has 0 saturated carbocycles. The number of hydrogen-bond donors (Lipinski definition) is 16. The highest BCUT2D eigenvalue weighted by atomic mass is 79.9. The SMILES string of the molecule is CCOCC1C(=O)CNC(=O)c2[nH]c(Br)c(Br)c21.Nc1ncc2c(n1)CNC(=O)c1[nH]c(Br)c(Br)c1-2.O=C(NCCC1OCCO1)c1cc(Br)c(Br)[nH]1.O=C(c1cc(Br)c(Br)[nH]1)C(Cl)(Cl)Cl.O=C(c1ccc[nH]1)C(Cl)(Cl)Cl.O=C1CNC(=O)c2[nH]c(Br)c(Br)c2C1.O=C1NCC(O)Cc2c1[nH]c(Br)c2Br.O=C1NCC=Cc2c1[nH]c(Br)c2Br. The molecule has 0 aliphatic carbocycles. The first-order valence-electron chi connectivity index (χ1n) is 33.3. The fraction of sp³-hybridized carbons (Fsp3) is 0.284. The number of ether oxygens (including phenoxy) is 3. The number of carbonyl (C=O) groups is 10. The number of nitrogen functional groups attached to an aromatic ring is 1. The van der Waals surface area contributed by atoms with Gasteiger partial charge in [0.25, 0.3) is 43.0 Å². The summed E-state index contributed by atoms with van der Waals surface area (Å²) in [5.41, 5.74) is 14.4. The third kappa shape index (κ3) is 26.9. The first kappa shape index (κ1) is 100. The molecule has 118 heavy (non-hydrogen) atoms. The number of aromatic amines is 8. The van der Waals surface area contributed by atoms with Gasteiger partial charge in [-0.25, -0.2) is 9.97 Å². The Bertz CT molecular complexity index is 5240. The van der Waals surface area contributed by atoms with Gasteiger partial charge in [0.05, 0.1) is 132 Å². The van der Waals surface area contributed by atoms with Gasteiger partial charge in [0.1, 0.15) is 34.2 Å². The highest BCUT2D eigenvalue weighted by molar-refractivity contribution is 9.15. The van der Waals surface area contributed by atoms with Crippen LogP contribution in [0, 0.1) is 0 Å². The summed E-state index contributed by atoms with van der Waals surface area (Å²) in [6.45, 7) is 5.80. The van der Waals surface area contributed by atoms with Crippen LogP contribution in [0.2, 0.25) is 0 Å². The third-order valence-corrected chi connectivity index (χ3v) is 30.6. The van der Waals surface area contributed by atoms with Gasteiger partial charge in [-0.15, -0.1) is 0 Å². The molecule has 2 unspecified atom stereocenters. The third-order valence-electron chi connectivity index (χ3n) is 16.2. The molecule has 6 amide bonds. The number of rotatable bonds is 9. The molecular formula is C67H57Br14Cl6N17O14.